The van der Waals surface area contributed by atoms with E-state index in [1.165, 1.54) is 25.7 Å². The normalized spacial score (nSPS) is 23.2. The Morgan fingerprint density at radius 1 is 1.10 bits per heavy atom. The second-order valence-corrected chi connectivity index (χ2v) is 8.62. The molecule has 0 radical (unpaired) electrons. The predicted molar refractivity (Wildman–Crippen MR) is 86.3 cm³/mol. The van der Waals surface area contributed by atoms with Crippen LogP contribution in [0.1, 0.15) is 45.4 Å². The van der Waals surface area contributed by atoms with Gasteiger partial charge < -0.3 is 5.32 Å². The molecule has 1 heterocycles. The van der Waals surface area contributed by atoms with Crippen molar-refractivity contribution in [2.75, 3.05) is 39.8 Å². The molecule has 2 aliphatic rings. The summed E-state index contributed by atoms with van der Waals surface area (Å²) >= 11 is 0. The largest absolute Gasteiger partial charge is 0.317 e. The predicted octanol–water partition coefficient (Wildman–Crippen LogP) is 1.67. The lowest BCUT2D eigenvalue weighted by Crippen LogP contribution is -2.47. The third-order valence-electron chi connectivity index (χ3n) is 4.97. The second-order valence-electron chi connectivity index (χ2n) is 6.59. The molecule has 6 heteroatoms. The van der Waals surface area contributed by atoms with Gasteiger partial charge >= 0.3 is 0 Å². The minimum atomic E-state index is -3.25. The first-order chi connectivity index (χ1) is 10.0. The van der Waals surface area contributed by atoms with E-state index in [1.54, 1.807) is 15.7 Å². The summed E-state index contributed by atoms with van der Waals surface area (Å²) < 4.78 is 28.5. The summed E-state index contributed by atoms with van der Waals surface area (Å²) in [4.78, 5) is 0. The maximum Gasteiger partial charge on any atom is 0.281 e. The number of rotatable bonds is 7. The third-order valence-corrected chi connectivity index (χ3v) is 6.92. The van der Waals surface area contributed by atoms with Crippen LogP contribution in [0, 0.1) is 11.8 Å². The van der Waals surface area contributed by atoms with Gasteiger partial charge in [0.25, 0.3) is 10.2 Å². The Morgan fingerprint density at radius 2 is 1.71 bits per heavy atom. The van der Waals surface area contributed by atoms with Crippen LogP contribution in [0.2, 0.25) is 0 Å². The number of nitrogens with one attached hydrogen (secondary N) is 1. The molecule has 1 aliphatic heterocycles. The van der Waals surface area contributed by atoms with E-state index in [-0.39, 0.29) is 0 Å². The van der Waals surface area contributed by atoms with Crippen molar-refractivity contribution in [1.29, 1.82) is 0 Å². The van der Waals surface area contributed by atoms with Crippen molar-refractivity contribution >= 4 is 10.2 Å². The van der Waals surface area contributed by atoms with Gasteiger partial charge in [0, 0.05) is 26.7 Å². The molecule has 2 rings (SSSR count). The molecule has 1 saturated carbocycles. The first kappa shape index (κ1) is 17.2. The first-order valence-corrected chi connectivity index (χ1v) is 9.86. The highest BCUT2D eigenvalue weighted by molar-refractivity contribution is 7.86. The van der Waals surface area contributed by atoms with Gasteiger partial charge in [0.2, 0.25) is 0 Å². The van der Waals surface area contributed by atoms with Gasteiger partial charge in [-0.05, 0) is 50.6 Å². The quantitative estimate of drug-likeness (QED) is 0.777. The van der Waals surface area contributed by atoms with Crippen LogP contribution in [0.4, 0.5) is 0 Å². The lowest BCUT2D eigenvalue weighted by Gasteiger charge is -2.34. The van der Waals surface area contributed by atoms with Gasteiger partial charge in [0.1, 0.15) is 0 Å². The number of piperidine rings is 1. The molecule has 1 N–H and O–H groups in total. The molecule has 1 saturated heterocycles. The van der Waals surface area contributed by atoms with Gasteiger partial charge in [-0.1, -0.05) is 19.8 Å². The summed E-state index contributed by atoms with van der Waals surface area (Å²) in [6.45, 7) is 6.16. The van der Waals surface area contributed by atoms with Crippen LogP contribution >= 0.6 is 0 Å². The van der Waals surface area contributed by atoms with Crippen LogP contribution < -0.4 is 5.32 Å². The molecule has 0 aromatic heterocycles. The molecule has 1 aliphatic carbocycles. The van der Waals surface area contributed by atoms with E-state index in [9.17, 15) is 8.42 Å². The average Bonchev–Trinajstić information content (AvgIpc) is 2.98. The molecule has 124 valence electrons. The first-order valence-electron chi connectivity index (χ1n) is 8.46. The molecule has 0 amide bonds. The van der Waals surface area contributed by atoms with E-state index >= 15 is 0 Å². The van der Waals surface area contributed by atoms with Gasteiger partial charge in [-0.25, -0.2) is 0 Å². The number of nitrogens with zero attached hydrogens (tertiary/aromatic N) is 2. The maximum atomic E-state index is 12.6. The molecular weight excluding hydrogens is 286 g/mol. The molecule has 0 unspecified atom stereocenters. The Morgan fingerprint density at radius 3 is 2.29 bits per heavy atom. The average molecular weight is 317 g/mol. The van der Waals surface area contributed by atoms with Gasteiger partial charge in [0.05, 0.1) is 0 Å². The topological polar surface area (TPSA) is 52.7 Å². The van der Waals surface area contributed by atoms with Crippen molar-refractivity contribution in [3.63, 3.8) is 0 Å². The fourth-order valence-electron chi connectivity index (χ4n) is 3.54. The van der Waals surface area contributed by atoms with Crippen LogP contribution in [0.25, 0.3) is 0 Å². The van der Waals surface area contributed by atoms with E-state index in [1.807, 2.05) is 0 Å². The third kappa shape index (κ3) is 4.65. The SMILES string of the molecule is CCNCC1CCN(S(=O)(=O)N(C)CC2CCCC2)CC1. The minimum Gasteiger partial charge on any atom is -0.317 e. The Balaban J connectivity index is 1.82. The van der Waals surface area contributed by atoms with Gasteiger partial charge in [0.15, 0.2) is 0 Å². The van der Waals surface area contributed by atoms with Crippen molar-refractivity contribution in [2.45, 2.75) is 45.4 Å². The van der Waals surface area contributed by atoms with Crippen LogP contribution in [-0.4, -0.2) is 56.8 Å². The number of hydrogen-bond acceptors (Lipinski definition) is 3. The van der Waals surface area contributed by atoms with Gasteiger partial charge in [-0.2, -0.15) is 17.0 Å². The van der Waals surface area contributed by atoms with Crippen molar-refractivity contribution in [3.05, 3.63) is 0 Å². The van der Waals surface area contributed by atoms with E-state index in [0.717, 1.165) is 25.9 Å². The Bertz CT molecular complexity index is 399. The molecule has 0 atom stereocenters. The number of hydrogen-bond donors (Lipinski definition) is 1. The highest BCUT2D eigenvalue weighted by Crippen LogP contribution is 2.27. The van der Waals surface area contributed by atoms with Crippen LogP contribution in [0.3, 0.4) is 0 Å². The van der Waals surface area contributed by atoms with Crippen LogP contribution in [0.15, 0.2) is 0 Å². The summed E-state index contributed by atoms with van der Waals surface area (Å²) in [5.41, 5.74) is 0. The van der Waals surface area contributed by atoms with Crippen LogP contribution in [-0.2, 0) is 10.2 Å². The lowest BCUT2D eigenvalue weighted by molar-refractivity contribution is 0.250. The summed E-state index contributed by atoms with van der Waals surface area (Å²) in [5.74, 6) is 1.19. The molecule has 0 aromatic rings. The molecule has 21 heavy (non-hydrogen) atoms. The van der Waals surface area contributed by atoms with Crippen molar-refractivity contribution in [1.82, 2.24) is 13.9 Å². The summed E-state index contributed by atoms with van der Waals surface area (Å²) in [5, 5.41) is 3.36. The fourth-order valence-corrected chi connectivity index (χ4v) is 5.01. The summed E-state index contributed by atoms with van der Waals surface area (Å²) in [7, 11) is -1.50. The van der Waals surface area contributed by atoms with Crippen LogP contribution in [0.5, 0.6) is 0 Å². The fraction of sp³-hybridized carbons (Fsp3) is 1.00. The Labute approximate surface area is 130 Å². The van der Waals surface area contributed by atoms with E-state index in [4.69, 9.17) is 0 Å². The lowest BCUT2D eigenvalue weighted by atomic mass is 9.98. The highest BCUT2D eigenvalue weighted by atomic mass is 32.2. The van der Waals surface area contributed by atoms with E-state index in [0.29, 0.717) is 31.5 Å². The zero-order chi connectivity index (χ0) is 15.3. The molecule has 2 fully saturated rings. The monoisotopic (exact) mass is 317 g/mol. The molecule has 0 spiro atoms. The zero-order valence-corrected chi connectivity index (χ0v) is 14.4. The molecule has 0 bridgehead atoms. The Kier molecular flexibility index (Phi) is 6.47. The molecule has 0 aromatic carbocycles. The molecule has 5 nitrogen and oxygen atoms in total. The van der Waals surface area contributed by atoms with Crippen molar-refractivity contribution in [3.8, 4) is 0 Å². The molecular formula is C15H31N3O2S. The standard InChI is InChI=1S/C15H31N3O2S/c1-3-16-12-14-8-10-18(11-9-14)21(19,20)17(2)13-15-6-4-5-7-15/h14-16H,3-13H2,1-2H3. The highest BCUT2D eigenvalue weighted by Gasteiger charge is 2.32. The minimum absolute atomic E-state index is 0.566. The zero-order valence-electron chi connectivity index (χ0n) is 13.6. The maximum absolute atomic E-state index is 12.6. The smallest absolute Gasteiger partial charge is 0.281 e. The van der Waals surface area contributed by atoms with E-state index < -0.39 is 10.2 Å². The van der Waals surface area contributed by atoms with Gasteiger partial charge in [-0.3, -0.25) is 0 Å². The van der Waals surface area contributed by atoms with Gasteiger partial charge in [-0.15, -0.1) is 0 Å². The summed E-state index contributed by atoms with van der Waals surface area (Å²) in [6, 6.07) is 0. The summed E-state index contributed by atoms with van der Waals surface area (Å²) in [6.07, 6.45) is 6.84. The van der Waals surface area contributed by atoms with Crippen molar-refractivity contribution in [2.24, 2.45) is 11.8 Å². The Hall–Kier alpha value is -0.170. The second kappa shape index (κ2) is 7.90. The van der Waals surface area contributed by atoms with E-state index in [2.05, 4.69) is 12.2 Å². The van der Waals surface area contributed by atoms with Crippen molar-refractivity contribution < 1.29 is 8.42 Å².